The predicted octanol–water partition coefficient (Wildman–Crippen LogP) is 0.367. The standard InChI is InChI=1S/C14H17N3O4S/c1-17-9-12(7-15-17)22(19,20)16-8-13(18)10-2-3-14-11(6-10)4-5-21-14/h2-3,6-7,9,13,16,18H,4-5,8H2,1H3/t13-/m0/s1. The van der Waals surface area contributed by atoms with Gasteiger partial charge in [0.15, 0.2) is 0 Å². The van der Waals surface area contributed by atoms with E-state index >= 15 is 0 Å². The predicted molar refractivity (Wildman–Crippen MR) is 79.0 cm³/mol. The Bertz CT molecular complexity index is 785. The first-order chi connectivity index (χ1) is 10.5. The van der Waals surface area contributed by atoms with Crippen LogP contribution in [0.5, 0.6) is 5.75 Å². The average molecular weight is 323 g/mol. The van der Waals surface area contributed by atoms with Crippen LogP contribution in [0.25, 0.3) is 0 Å². The van der Waals surface area contributed by atoms with Crippen molar-refractivity contribution in [2.75, 3.05) is 13.2 Å². The van der Waals surface area contributed by atoms with Crippen LogP contribution in [0.3, 0.4) is 0 Å². The third-order valence-electron chi connectivity index (χ3n) is 3.56. The van der Waals surface area contributed by atoms with Gasteiger partial charge in [0.1, 0.15) is 10.6 Å². The van der Waals surface area contributed by atoms with Crippen LogP contribution in [-0.4, -0.2) is 36.5 Å². The van der Waals surface area contributed by atoms with Crippen molar-refractivity contribution in [1.29, 1.82) is 0 Å². The van der Waals surface area contributed by atoms with Crippen molar-refractivity contribution in [3.05, 3.63) is 41.7 Å². The van der Waals surface area contributed by atoms with Crippen molar-refractivity contribution in [2.24, 2.45) is 7.05 Å². The van der Waals surface area contributed by atoms with E-state index in [9.17, 15) is 13.5 Å². The molecule has 0 aliphatic carbocycles. The van der Waals surface area contributed by atoms with E-state index < -0.39 is 16.1 Å². The molecular weight excluding hydrogens is 306 g/mol. The molecule has 22 heavy (non-hydrogen) atoms. The van der Waals surface area contributed by atoms with Crippen molar-refractivity contribution < 1.29 is 18.3 Å². The highest BCUT2D eigenvalue weighted by Crippen LogP contribution is 2.28. The van der Waals surface area contributed by atoms with Crippen LogP contribution in [0, 0.1) is 0 Å². The van der Waals surface area contributed by atoms with Crippen molar-refractivity contribution >= 4 is 10.0 Å². The van der Waals surface area contributed by atoms with Gasteiger partial charge in [-0.3, -0.25) is 4.68 Å². The van der Waals surface area contributed by atoms with E-state index in [1.165, 1.54) is 17.1 Å². The summed E-state index contributed by atoms with van der Waals surface area (Å²) in [6, 6.07) is 5.40. The fourth-order valence-electron chi connectivity index (χ4n) is 2.34. The molecule has 3 rings (SSSR count). The Balaban J connectivity index is 1.68. The molecule has 2 N–H and O–H groups in total. The summed E-state index contributed by atoms with van der Waals surface area (Å²) < 4.78 is 33.4. The highest BCUT2D eigenvalue weighted by molar-refractivity contribution is 7.89. The van der Waals surface area contributed by atoms with Gasteiger partial charge in [0.25, 0.3) is 0 Å². The number of ether oxygens (including phenoxy) is 1. The second-order valence-corrected chi connectivity index (χ2v) is 6.95. The van der Waals surface area contributed by atoms with Crippen molar-refractivity contribution in [3.63, 3.8) is 0 Å². The van der Waals surface area contributed by atoms with Crippen LogP contribution in [0.2, 0.25) is 0 Å². The zero-order chi connectivity index (χ0) is 15.7. The number of rotatable bonds is 5. The van der Waals surface area contributed by atoms with Gasteiger partial charge in [-0.1, -0.05) is 6.07 Å². The Morgan fingerprint density at radius 1 is 1.50 bits per heavy atom. The van der Waals surface area contributed by atoms with Crippen molar-refractivity contribution in [3.8, 4) is 5.75 Å². The highest BCUT2D eigenvalue weighted by atomic mass is 32.2. The molecule has 8 heteroatoms. The third-order valence-corrected chi connectivity index (χ3v) is 4.93. The van der Waals surface area contributed by atoms with E-state index in [1.54, 1.807) is 19.2 Å². The largest absolute Gasteiger partial charge is 0.493 e. The second kappa shape index (κ2) is 5.71. The normalized spacial score (nSPS) is 15.4. The number of fused-ring (bicyclic) bond motifs is 1. The number of nitrogens with one attached hydrogen (secondary N) is 1. The van der Waals surface area contributed by atoms with Gasteiger partial charge in [-0.2, -0.15) is 5.10 Å². The smallest absolute Gasteiger partial charge is 0.243 e. The molecule has 2 heterocycles. The second-order valence-electron chi connectivity index (χ2n) is 5.18. The Kier molecular flexibility index (Phi) is 3.90. The lowest BCUT2D eigenvalue weighted by molar-refractivity contribution is 0.182. The first kappa shape index (κ1) is 15.0. The molecule has 1 aliphatic rings. The average Bonchev–Trinajstić information content (AvgIpc) is 3.12. The van der Waals surface area contributed by atoms with Gasteiger partial charge in [0, 0.05) is 26.2 Å². The zero-order valence-corrected chi connectivity index (χ0v) is 12.9. The first-order valence-corrected chi connectivity index (χ1v) is 8.36. The molecule has 1 aromatic carbocycles. The molecule has 2 aromatic rings. The number of hydrogen-bond acceptors (Lipinski definition) is 5. The van der Waals surface area contributed by atoms with Gasteiger partial charge in [-0.05, 0) is 23.3 Å². The van der Waals surface area contributed by atoms with Gasteiger partial charge in [0.05, 0.1) is 18.9 Å². The maximum absolute atomic E-state index is 12.1. The molecule has 7 nitrogen and oxygen atoms in total. The number of sulfonamides is 1. The van der Waals surface area contributed by atoms with Crippen LogP contribution in [0.4, 0.5) is 0 Å². The first-order valence-electron chi connectivity index (χ1n) is 6.88. The Hall–Kier alpha value is -1.90. The van der Waals surface area contributed by atoms with Gasteiger partial charge < -0.3 is 9.84 Å². The van der Waals surface area contributed by atoms with E-state index in [2.05, 4.69) is 9.82 Å². The van der Waals surface area contributed by atoms with Gasteiger partial charge in [0.2, 0.25) is 10.0 Å². The van der Waals surface area contributed by atoms with E-state index in [0.29, 0.717) is 12.2 Å². The van der Waals surface area contributed by atoms with Crippen LogP contribution >= 0.6 is 0 Å². The highest BCUT2D eigenvalue weighted by Gasteiger charge is 2.20. The minimum Gasteiger partial charge on any atom is -0.493 e. The summed E-state index contributed by atoms with van der Waals surface area (Å²) in [4.78, 5) is 0.0737. The monoisotopic (exact) mass is 323 g/mol. The van der Waals surface area contributed by atoms with E-state index in [4.69, 9.17) is 4.74 Å². The maximum Gasteiger partial charge on any atom is 0.243 e. The number of aliphatic hydroxyl groups excluding tert-OH is 1. The number of benzene rings is 1. The fraction of sp³-hybridized carbons (Fsp3) is 0.357. The molecule has 1 aromatic heterocycles. The molecule has 118 valence electrons. The summed E-state index contributed by atoms with van der Waals surface area (Å²) in [5.41, 5.74) is 1.70. The lowest BCUT2D eigenvalue weighted by atomic mass is 10.0. The third kappa shape index (κ3) is 2.99. The van der Waals surface area contributed by atoms with Crippen molar-refractivity contribution in [1.82, 2.24) is 14.5 Å². The van der Waals surface area contributed by atoms with Crippen LogP contribution < -0.4 is 9.46 Å². The summed E-state index contributed by atoms with van der Waals surface area (Å²) >= 11 is 0. The van der Waals surface area contributed by atoms with Crippen LogP contribution in [0.1, 0.15) is 17.2 Å². The molecular formula is C14H17N3O4S. The number of aliphatic hydroxyl groups is 1. The summed E-state index contributed by atoms with van der Waals surface area (Å²) in [5, 5.41) is 14.0. The van der Waals surface area contributed by atoms with E-state index in [1.807, 2.05) is 6.07 Å². The van der Waals surface area contributed by atoms with Crippen LogP contribution in [0.15, 0.2) is 35.5 Å². The molecule has 0 radical (unpaired) electrons. The molecule has 0 saturated carbocycles. The summed E-state index contributed by atoms with van der Waals surface area (Å²) in [6.45, 7) is 0.541. The van der Waals surface area contributed by atoms with Gasteiger partial charge in [-0.25, -0.2) is 13.1 Å². The molecule has 0 saturated heterocycles. The molecule has 0 spiro atoms. The molecule has 1 aliphatic heterocycles. The number of aryl methyl sites for hydroxylation is 1. The molecule has 0 fully saturated rings. The Morgan fingerprint density at radius 2 is 2.32 bits per heavy atom. The minimum atomic E-state index is -3.67. The Morgan fingerprint density at radius 3 is 3.05 bits per heavy atom. The number of nitrogens with zero attached hydrogens (tertiary/aromatic N) is 2. The summed E-state index contributed by atoms with van der Waals surface area (Å²) in [7, 11) is -2.03. The number of hydrogen-bond donors (Lipinski definition) is 2. The lowest BCUT2D eigenvalue weighted by Gasteiger charge is -2.13. The number of aromatic nitrogens is 2. The summed E-state index contributed by atoms with van der Waals surface area (Å²) in [5.74, 6) is 0.826. The summed E-state index contributed by atoms with van der Waals surface area (Å²) in [6.07, 6.45) is 2.55. The van der Waals surface area contributed by atoms with Gasteiger partial charge in [-0.15, -0.1) is 0 Å². The molecule has 1 atom stereocenters. The lowest BCUT2D eigenvalue weighted by Crippen LogP contribution is -2.28. The topological polar surface area (TPSA) is 93.5 Å². The van der Waals surface area contributed by atoms with Gasteiger partial charge >= 0.3 is 0 Å². The fourth-order valence-corrected chi connectivity index (χ4v) is 3.36. The van der Waals surface area contributed by atoms with E-state index in [-0.39, 0.29) is 11.4 Å². The SMILES string of the molecule is Cn1cc(S(=O)(=O)NC[C@H](O)c2ccc3c(c2)CCO3)cn1. The van der Waals surface area contributed by atoms with Crippen LogP contribution in [-0.2, 0) is 23.5 Å². The maximum atomic E-state index is 12.1. The Labute approximate surface area is 128 Å². The quantitative estimate of drug-likeness (QED) is 0.829. The molecule has 0 unspecified atom stereocenters. The van der Waals surface area contributed by atoms with Crippen molar-refractivity contribution in [2.45, 2.75) is 17.4 Å². The zero-order valence-electron chi connectivity index (χ0n) is 12.1. The minimum absolute atomic E-state index is 0.0737. The molecule has 0 bridgehead atoms. The van der Waals surface area contributed by atoms with E-state index in [0.717, 1.165) is 17.7 Å². The molecule has 0 amide bonds.